The fourth-order valence-electron chi connectivity index (χ4n) is 4.01. The summed E-state index contributed by atoms with van der Waals surface area (Å²) in [4.78, 5) is 20.1. The van der Waals surface area contributed by atoms with E-state index in [1.165, 1.54) is 4.90 Å². The first kappa shape index (κ1) is 22.8. The van der Waals surface area contributed by atoms with Gasteiger partial charge in [-0.15, -0.1) is 0 Å². The van der Waals surface area contributed by atoms with E-state index in [0.29, 0.717) is 31.4 Å². The number of likely N-dealkylation sites (tertiary alicyclic amines) is 1. The molecule has 1 aliphatic carbocycles. The summed E-state index contributed by atoms with van der Waals surface area (Å²) in [6.07, 6.45) is -0.459. The summed E-state index contributed by atoms with van der Waals surface area (Å²) in [6, 6.07) is 0.0998. The molecular weight excluding hydrogens is 371 g/mol. The minimum absolute atomic E-state index is 0.0279. The summed E-state index contributed by atoms with van der Waals surface area (Å²) in [5, 5.41) is 6.43. The molecule has 1 heterocycles. The number of guanidine groups is 1. The number of hydrogen-bond donors (Lipinski definition) is 2. The molecular formula is C19H34F3N5O. The van der Waals surface area contributed by atoms with E-state index in [2.05, 4.69) is 27.4 Å². The first-order valence-electron chi connectivity index (χ1n) is 10.3. The Morgan fingerprint density at radius 3 is 2.61 bits per heavy atom. The molecule has 162 valence electrons. The standard InChI is InChI=1S/C19H34F3N5O/c1-4-27-10-6-9-16(27)12-23-18(24-13-17(28)26(2)3)25-15-8-5-7-14(11-15)19(20,21)22/h14-16H,4-13H2,1-3H3,(H2,23,24,25). The van der Waals surface area contributed by atoms with Crippen LogP contribution in [0.1, 0.15) is 45.4 Å². The third-order valence-corrected chi connectivity index (χ3v) is 5.76. The van der Waals surface area contributed by atoms with Crippen LogP contribution in [0.25, 0.3) is 0 Å². The number of likely N-dealkylation sites (N-methyl/N-ethyl adjacent to an activating group) is 2. The van der Waals surface area contributed by atoms with Gasteiger partial charge in [-0.2, -0.15) is 13.2 Å². The Bertz CT molecular complexity index is 538. The molecule has 28 heavy (non-hydrogen) atoms. The zero-order valence-electron chi connectivity index (χ0n) is 17.2. The van der Waals surface area contributed by atoms with E-state index in [9.17, 15) is 18.0 Å². The van der Waals surface area contributed by atoms with Crippen molar-refractivity contribution in [2.75, 3.05) is 40.3 Å². The minimum atomic E-state index is -4.16. The average Bonchev–Trinajstić information content (AvgIpc) is 3.10. The summed E-state index contributed by atoms with van der Waals surface area (Å²) in [6.45, 7) is 4.81. The minimum Gasteiger partial charge on any atom is -0.355 e. The van der Waals surface area contributed by atoms with Crippen LogP contribution in [0.2, 0.25) is 0 Å². The molecule has 2 N–H and O–H groups in total. The lowest BCUT2D eigenvalue weighted by molar-refractivity contribution is -0.183. The van der Waals surface area contributed by atoms with E-state index < -0.39 is 12.1 Å². The van der Waals surface area contributed by atoms with Crippen molar-refractivity contribution in [3.63, 3.8) is 0 Å². The smallest absolute Gasteiger partial charge is 0.355 e. The van der Waals surface area contributed by atoms with Crippen molar-refractivity contribution in [3.8, 4) is 0 Å². The molecule has 1 saturated carbocycles. The van der Waals surface area contributed by atoms with E-state index in [1.54, 1.807) is 14.1 Å². The highest BCUT2D eigenvalue weighted by molar-refractivity contribution is 5.85. The molecule has 1 saturated heterocycles. The highest BCUT2D eigenvalue weighted by atomic mass is 19.4. The van der Waals surface area contributed by atoms with Crippen molar-refractivity contribution in [3.05, 3.63) is 0 Å². The predicted octanol–water partition coefficient (Wildman–Crippen LogP) is 2.22. The monoisotopic (exact) mass is 405 g/mol. The molecule has 9 heteroatoms. The van der Waals surface area contributed by atoms with Gasteiger partial charge < -0.3 is 15.5 Å². The van der Waals surface area contributed by atoms with Crippen molar-refractivity contribution < 1.29 is 18.0 Å². The van der Waals surface area contributed by atoms with Gasteiger partial charge in [-0.05, 0) is 45.2 Å². The van der Waals surface area contributed by atoms with Gasteiger partial charge in [0.05, 0.1) is 5.92 Å². The van der Waals surface area contributed by atoms with Gasteiger partial charge in [0.2, 0.25) is 5.91 Å². The van der Waals surface area contributed by atoms with E-state index in [1.807, 2.05) is 0 Å². The Morgan fingerprint density at radius 1 is 1.21 bits per heavy atom. The first-order chi connectivity index (χ1) is 13.2. The Morgan fingerprint density at radius 2 is 1.96 bits per heavy atom. The molecule has 3 unspecified atom stereocenters. The SMILES string of the molecule is CCN1CCCC1CNC(=NCC(=O)N(C)C)NC1CCCC(C(F)(F)F)C1. The molecule has 2 aliphatic rings. The van der Waals surface area contributed by atoms with Gasteiger partial charge in [0.1, 0.15) is 6.54 Å². The van der Waals surface area contributed by atoms with Gasteiger partial charge in [-0.25, -0.2) is 4.99 Å². The summed E-state index contributed by atoms with van der Waals surface area (Å²) < 4.78 is 39.3. The third kappa shape index (κ3) is 6.83. The summed E-state index contributed by atoms with van der Waals surface area (Å²) in [7, 11) is 3.32. The molecule has 0 aromatic carbocycles. The maximum absolute atomic E-state index is 13.1. The molecule has 3 atom stereocenters. The highest BCUT2D eigenvalue weighted by Crippen LogP contribution is 2.37. The molecule has 0 spiro atoms. The average molecular weight is 406 g/mol. The van der Waals surface area contributed by atoms with Crippen molar-refractivity contribution >= 4 is 11.9 Å². The van der Waals surface area contributed by atoms with Gasteiger partial charge in [0, 0.05) is 32.7 Å². The fourth-order valence-corrected chi connectivity index (χ4v) is 4.01. The summed E-state index contributed by atoms with van der Waals surface area (Å²) >= 11 is 0. The van der Waals surface area contributed by atoms with Crippen LogP contribution in [0.3, 0.4) is 0 Å². The van der Waals surface area contributed by atoms with Crippen molar-refractivity contribution in [1.82, 2.24) is 20.4 Å². The van der Waals surface area contributed by atoms with Gasteiger partial charge in [0.15, 0.2) is 5.96 Å². The number of rotatable bonds is 6. The number of nitrogens with one attached hydrogen (secondary N) is 2. The fraction of sp³-hybridized carbons (Fsp3) is 0.895. The molecule has 1 amide bonds. The van der Waals surface area contributed by atoms with Gasteiger partial charge in [-0.3, -0.25) is 9.69 Å². The predicted molar refractivity (Wildman–Crippen MR) is 104 cm³/mol. The van der Waals surface area contributed by atoms with Crippen LogP contribution in [-0.2, 0) is 4.79 Å². The summed E-state index contributed by atoms with van der Waals surface area (Å²) in [5.41, 5.74) is 0. The van der Waals surface area contributed by atoms with Gasteiger partial charge >= 0.3 is 6.18 Å². The maximum Gasteiger partial charge on any atom is 0.391 e. The van der Waals surface area contributed by atoms with E-state index >= 15 is 0 Å². The molecule has 0 aromatic rings. The largest absolute Gasteiger partial charge is 0.391 e. The molecule has 2 rings (SSSR count). The second-order valence-electron chi connectivity index (χ2n) is 8.00. The zero-order valence-corrected chi connectivity index (χ0v) is 17.2. The van der Waals surface area contributed by atoms with Crippen LogP contribution in [-0.4, -0.2) is 80.2 Å². The lowest BCUT2D eigenvalue weighted by atomic mass is 9.85. The van der Waals surface area contributed by atoms with E-state index in [-0.39, 0.29) is 31.3 Å². The van der Waals surface area contributed by atoms with Gasteiger partial charge in [-0.1, -0.05) is 13.3 Å². The number of alkyl halides is 3. The summed E-state index contributed by atoms with van der Waals surface area (Å²) in [5.74, 6) is -0.978. The lowest BCUT2D eigenvalue weighted by Crippen LogP contribution is -2.50. The highest BCUT2D eigenvalue weighted by Gasteiger charge is 2.42. The second-order valence-corrected chi connectivity index (χ2v) is 8.00. The van der Waals surface area contributed by atoms with Crippen LogP contribution in [0.15, 0.2) is 4.99 Å². The topological polar surface area (TPSA) is 60.0 Å². The number of nitrogens with zero attached hydrogens (tertiary/aromatic N) is 3. The zero-order chi connectivity index (χ0) is 20.7. The van der Waals surface area contributed by atoms with Crippen LogP contribution in [0, 0.1) is 5.92 Å². The molecule has 0 aromatic heterocycles. The van der Waals surface area contributed by atoms with Crippen molar-refractivity contribution in [2.45, 2.75) is 63.7 Å². The molecule has 2 fully saturated rings. The number of amides is 1. The molecule has 1 aliphatic heterocycles. The normalized spacial score (nSPS) is 26.9. The Balaban J connectivity index is 1.99. The number of aliphatic imine (C=N–C) groups is 1. The van der Waals surface area contributed by atoms with E-state index in [0.717, 1.165) is 25.9 Å². The van der Waals surface area contributed by atoms with Crippen molar-refractivity contribution in [2.24, 2.45) is 10.9 Å². The molecule has 0 radical (unpaired) electrons. The van der Waals surface area contributed by atoms with Crippen LogP contribution < -0.4 is 10.6 Å². The van der Waals surface area contributed by atoms with E-state index in [4.69, 9.17) is 0 Å². The third-order valence-electron chi connectivity index (χ3n) is 5.76. The Hall–Kier alpha value is -1.51. The number of halogens is 3. The van der Waals surface area contributed by atoms with Crippen molar-refractivity contribution in [1.29, 1.82) is 0 Å². The molecule has 6 nitrogen and oxygen atoms in total. The van der Waals surface area contributed by atoms with Crippen LogP contribution in [0.5, 0.6) is 0 Å². The van der Waals surface area contributed by atoms with Gasteiger partial charge in [0.25, 0.3) is 0 Å². The van der Waals surface area contributed by atoms with Crippen LogP contribution >= 0.6 is 0 Å². The second kappa shape index (κ2) is 10.3. The number of carbonyl (C=O) groups excluding carboxylic acids is 1. The quantitative estimate of drug-likeness (QED) is 0.526. The number of carbonyl (C=O) groups is 1. The lowest BCUT2D eigenvalue weighted by Gasteiger charge is -2.32. The Kier molecular flexibility index (Phi) is 8.39. The number of hydrogen-bond acceptors (Lipinski definition) is 3. The maximum atomic E-state index is 13.1. The first-order valence-corrected chi connectivity index (χ1v) is 10.3. The Labute approximate surface area is 165 Å². The van der Waals surface area contributed by atoms with Crippen LogP contribution in [0.4, 0.5) is 13.2 Å². The molecule has 0 bridgehead atoms.